The van der Waals surface area contributed by atoms with Gasteiger partial charge in [0.15, 0.2) is 0 Å². The summed E-state index contributed by atoms with van der Waals surface area (Å²) in [7, 11) is 0. The highest BCUT2D eigenvalue weighted by molar-refractivity contribution is 5.45. The van der Waals surface area contributed by atoms with E-state index in [-0.39, 0.29) is 12.5 Å². The maximum absolute atomic E-state index is 9.22. The number of aryl methyl sites for hydroxylation is 2. The second kappa shape index (κ2) is 4.14. The Bertz CT molecular complexity index is 313. The molecule has 0 aromatic heterocycles. The van der Waals surface area contributed by atoms with Crippen LogP contribution in [0.5, 0.6) is 0 Å². The average Bonchev–Trinajstić information content (AvgIpc) is 2.15. The molecule has 1 heteroatoms. The molecule has 1 unspecified atom stereocenters. The van der Waals surface area contributed by atoms with Gasteiger partial charge in [0.05, 0.1) is 0 Å². The third-order valence-corrected chi connectivity index (χ3v) is 3.19. The lowest BCUT2D eigenvalue weighted by Gasteiger charge is -2.19. The van der Waals surface area contributed by atoms with Gasteiger partial charge in [0.2, 0.25) is 0 Å². The van der Waals surface area contributed by atoms with Crippen molar-refractivity contribution in [3.8, 4) is 0 Å². The van der Waals surface area contributed by atoms with Gasteiger partial charge in [0.1, 0.15) is 0 Å². The Balaban J connectivity index is 3.39. The molecule has 0 radical (unpaired) electrons. The molecule has 1 atom stereocenters. The number of rotatable bonds is 2. The molecule has 0 aliphatic heterocycles. The molecular formula is C13H20O. The van der Waals surface area contributed by atoms with Crippen molar-refractivity contribution in [3.63, 3.8) is 0 Å². The molecule has 0 aliphatic carbocycles. The largest absolute Gasteiger partial charge is 0.396 e. The third kappa shape index (κ3) is 1.83. The minimum absolute atomic E-state index is 0.227. The fourth-order valence-electron chi connectivity index (χ4n) is 2.08. The summed E-state index contributed by atoms with van der Waals surface area (Å²) >= 11 is 0. The summed E-state index contributed by atoms with van der Waals surface area (Å²) in [5.74, 6) is 0.244. The first kappa shape index (κ1) is 11.3. The summed E-state index contributed by atoms with van der Waals surface area (Å²) in [6, 6.07) is 2.22. The Morgan fingerprint density at radius 2 is 1.50 bits per heavy atom. The van der Waals surface area contributed by atoms with E-state index in [1.54, 1.807) is 0 Å². The predicted molar refractivity (Wildman–Crippen MR) is 60.9 cm³/mol. The van der Waals surface area contributed by atoms with Gasteiger partial charge in [-0.3, -0.25) is 0 Å². The lowest BCUT2D eigenvalue weighted by atomic mass is 9.87. The Labute approximate surface area is 86.8 Å². The zero-order chi connectivity index (χ0) is 10.9. The quantitative estimate of drug-likeness (QED) is 0.763. The molecule has 1 aromatic rings. The van der Waals surface area contributed by atoms with E-state index >= 15 is 0 Å². The molecule has 1 rings (SSSR count). The first-order valence-corrected chi connectivity index (χ1v) is 5.17. The van der Waals surface area contributed by atoms with Crippen LogP contribution in [0, 0.1) is 27.7 Å². The van der Waals surface area contributed by atoms with Crippen LogP contribution in [0.15, 0.2) is 6.07 Å². The van der Waals surface area contributed by atoms with E-state index in [0.29, 0.717) is 0 Å². The number of aliphatic hydroxyl groups excluding tert-OH is 1. The van der Waals surface area contributed by atoms with Gasteiger partial charge in [-0.05, 0) is 55.5 Å². The maximum Gasteiger partial charge on any atom is 0.0497 e. The second-order valence-electron chi connectivity index (χ2n) is 4.26. The number of hydrogen-bond donors (Lipinski definition) is 1. The minimum Gasteiger partial charge on any atom is -0.396 e. The number of hydrogen-bond acceptors (Lipinski definition) is 1. The molecule has 0 bridgehead atoms. The van der Waals surface area contributed by atoms with E-state index in [1.165, 1.54) is 27.8 Å². The summed E-state index contributed by atoms with van der Waals surface area (Å²) < 4.78 is 0. The number of benzene rings is 1. The molecule has 0 heterocycles. The van der Waals surface area contributed by atoms with E-state index in [1.807, 2.05) is 0 Å². The SMILES string of the molecule is Cc1cc(C)c(C)c(C(C)CO)c1C. The van der Waals surface area contributed by atoms with Crippen molar-refractivity contribution in [2.45, 2.75) is 40.5 Å². The van der Waals surface area contributed by atoms with E-state index in [9.17, 15) is 5.11 Å². The van der Waals surface area contributed by atoms with Crippen molar-refractivity contribution in [1.82, 2.24) is 0 Å². The van der Waals surface area contributed by atoms with Crippen molar-refractivity contribution < 1.29 is 5.11 Å². The lowest BCUT2D eigenvalue weighted by molar-refractivity contribution is 0.272. The van der Waals surface area contributed by atoms with E-state index < -0.39 is 0 Å². The van der Waals surface area contributed by atoms with Crippen LogP contribution in [-0.4, -0.2) is 11.7 Å². The van der Waals surface area contributed by atoms with Crippen molar-refractivity contribution in [2.75, 3.05) is 6.61 Å². The van der Waals surface area contributed by atoms with Crippen molar-refractivity contribution in [2.24, 2.45) is 0 Å². The molecular weight excluding hydrogens is 172 g/mol. The molecule has 0 fully saturated rings. The van der Waals surface area contributed by atoms with Gasteiger partial charge in [-0.1, -0.05) is 13.0 Å². The molecule has 0 saturated heterocycles. The van der Waals surface area contributed by atoms with Gasteiger partial charge in [-0.25, -0.2) is 0 Å². The summed E-state index contributed by atoms with van der Waals surface area (Å²) in [6.07, 6.45) is 0. The summed E-state index contributed by atoms with van der Waals surface area (Å²) in [4.78, 5) is 0. The smallest absolute Gasteiger partial charge is 0.0497 e. The van der Waals surface area contributed by atoms with Crippen LogP contribution >= 0.6 is 0 Å². The highest BCUT2D eigenvalue weighted by Gasteiger charge is 2.13. The molecule has 78 valence electrons. The molecule has 0 aliphatic rings. The van der Waals surface area contributed by atoms with E-state index in [4.69, 9.17) is 0 Å². The van der Waals surface area contributed by atoms with Crippen LogP contribution in [0.25, 0.3) is 0 Å². The average molecular weight is 192 g/mol. The van der Waals surface area contributed by atoms with Gasteiger partial charge >= 0.3 is 0 Å². The standard InChI is InChI=1S/C13H20O/c1-8-6-9(2)12(5)13(11(8)4)10(3)7-14/h6,10,14H,7H2,1-5H3. The summed E-state index contributed by atoms with van der Waals surface area (Å²) in [5, 5.41) is 9.22. The molecule has 1 nitrogen and oxygen atoms in total. The topological polar surface area (TPSA) is 20.2 Å². The van der Waals surface area contributed by atoms with Crippen LogP contribution in [0.1, 0.15) is 40.7 Å². The van der Waals surface area contributed by atoms with Gasteiger partial charge in [-0.2, -0.15) is 0 Å². The molecule has 0 spiro atoms. The summed E-state index contributed by atoms with van der Waals surface area (Å²) in [5.41, 5.74) is 6.63. The van der Waals surface area contributed by atoms with Crippen molar-refractivity contribution in [1.29, 1.82) is 0 Å². The lowest BCUT2D eigenvalue weighted by Crippen LogP contribution is -2.06. The molecule has 14 heavy (non-hydrogen) atoms. The maximum atomic E-state index is 9.22. The molecule has 1 aromatic carbocycles. The predicted octanol–water partition coefficient (Wildman–Crippen LogP) is 3.02. The first-order valence-electron chi connectivity index (χ1n) is 5.17. The number of aliphatic hydroxyl groups is 1. The monoisotopic (exact) mass is 192 g/mol. The normalized spacial score (nSPS) is 13.0. The molecule has 1 N–H and O–H groups in total. The Morgan fingerprint density at radius 1 is 1.07 bits per heavy atom. The first-order chi connectivity index (χ1) is 6.49. The van der Waals surface area contributed by atoms with Gasteiger partial charge in [-0.15, -0.1) is 0 Å². The van der Waals surface area contributed by atoms with Crippen LogP contribution in [0.4, 0.5) is 0 Å². The highest BCUT2D eigenvalue weighted by atomic mass is 16.3. The molecule has 0 amide bonds. The Kier molecular flexibility index (Phi) is 3.33. The zero-order valence-electron chi connectivity index (χ0n) is 9.81. The summed E-state index contributed by atoms with van der Waals surface area (Å²) in [6.45, 7) is 10.9. The van der Waals surface area contributed by atoms with Gasteiger partial charge in [0, 0.05) is 12.5 Å². The van der Waals surface area contributed by atoms with Crippen molar-refractivity contribution >= 4 is 0 Å². The van der Waals surface area contributed by atoms with E-state index in [0.717, 1.165) is 0 Å². The van der Waals surface area contributed by atoms with Gasteiger partial charge < -0.3 is 5.11 Å². The highest BCUT2D eigenvalue weighted by Crippen LogP contribution is 2.27. The van der Waals surface area contributed by atoms with Crippen molar-refractivity contribution in [3.05, 3.63) is 33.9 Å². The fourth-order valence-corrected chi connectivity index (χ4v) is 2.08. The Morgan fingerprint density at radius 3 is 1.86 bits per heavy atom. The third-order valence-electron chi connectivity index (χ3n) is 3.19. The second-order valence-corrected chi connectivity index (χ2v) is 4.26. The van der Waals surface area contributed by atoms with Crippen LogP contribution in [0.3, 0.4) is 0 Å². The Hall–Kier alpha value is -0.820. The van der Waals surface area contributed by atoms with Gasteiger partial charge in [0.25, 0.3) is 0 Å². The molecule has 0 saturated carbocycles. The van der Waals surface area contributed by atoms with Crippen LogP contribution in [-0.2, 0) is 0 Å². The van der Waals surface area contributed by atoms with E-state index in [2.05, 4.69) is 40.7 Å². The van der Waals surface area contributed by atoms with Crippen LogP contribution in [0.2, 0.25) is 0 Å². The zero-order valence-corrected chi connectivity index (χ0v) is 9.81. The minimum atomic E-state index is 0.227. The fraction of sp³-hybridized carbons (Fsp3) is 0.538. The van der Waals surface area contributed by atoms with Crippen LogP contribution < -0.4 is 0 Å².